The Morgan fingerprint density at radius 3 is 1.60 bits per heavy atom. The molecule has 0 amide bonds. The molecule has 1 heteroatoms. The second kappa shape index (κ2) is 16.4. The summed E-state index contributed by atoms with van der Waals surface area (Å²) < 4.78 is 5.46. The molecule has 0 bridgehead atoms. The Bertz CT molecular complexity index is 850. The molecule has 0 saturated heterocycles. The molecule has 0 atom stereocenters. The van der Waals surface area contributed by atoms with Crippen molar-refractivity contribution in [2.24, 2.45) is 11.8 Å². The molecular formula is C34H48O. The smallest absolute Gasteiger partial charge is 0.112 e. The minimum atomic E-state index is 0.665. The topological polar surface area (TPSA) is 9.23 Å². The number of unbranched alkanes of at least 4 members (excludes halogenated alkanes) is 2. The van der Waals surface area contributed by atoms with Crippen LogP contribution in [0.2, 0.25) is 0 Å². The van der Waals surface area contributed by atoms with Crippen LogP contribution in [0.1, 0.15) is 100 Å². The van der Waals surface area contributed by atoms with Gasteiger partial charge in [0.2, 0.25) is 0 Å². The van der Waals surface area contributed by atoms with Crippen LogP contribution in [0.25, 0.3) is 0 Å². The first kappa shape index (κ1) is 27.3. The number of ether oxygens (including phenoxy) is 1. The number of allylic oxidation sites excluding steroid dienone is 3. The van der Waals surface area contributed by atoms with Gasteiger partial charge < -0.3 is 4.74 Å². The van der Waals surface area contributed by atoms with Crippen LogP contribution in [-0.2, 0) is 30.6 Å². The van der Waals surface area contributed by atoms with Crippen molar-refractivity contribution in [2.75, 3.05) is 0 Å². The molecule has 2 aromatic rings. The van der Waals surface area contributed by atoms with Gasteiger partial charge in [0.05, 0.1) is 6.26 Å². The fourth-order valence-electron chi connectivity index (χ4n) is 5.47. The summed E-state index contributed by atoms with van der Waals surface area (Å²) in [5.41, 5.74) is 5.64. The summed E-state index contributed by atoms with van der Waals surface area (Å²) in [7, 11) is 0. The number of aryl methyl sites for hydroxylation is 2. The fraction of sp³-hybridized carbons (Fsp3) is 0.529. The van der Waals surface area contributed by atoms with Crippen molar-refractivity contribution in [3.63, 3.8) is 0 Å². The van der Waals surface area contributed by atoms with Crippen molar-refractivity contribution < 1.29 is 4.74 Å². The van der Waals surface area contributed by atoms with Gasteiger partial charge in [0, 0.05) is 0 Å². The van der Waals surface area contributed by atoms with Crippen LogP contribution in [0.5, 0.6) is 0 Å². The molecule has 1 nitrogen and oxygen atoms in total. The van der Waals surface area contributed by atoms with Crippen molar-refractivity contribution in [1.82, 2.24) is 0 Å². The van der Waals surface area contributed by atoms with E-state index in [1.165, 1.54) is 99.3 Å². The zero-order valence-corrected chi connectivity index (χ0v) is 22.4. The van der Waals surface area contributed by atoms with Crippen LogP contribution in [-0.4, -0.2) is 0 Å². The minimum absolute atomic E-state index is 0.665. The maximum absolute atomic E-state index is 5.46. The summed E-state index contributed by atoms with van der Waals surface area (Å²) >= 11 is 0. The van der Waals surface area contributed by atoms with Crippen molar-refractivity contribution in [1.29, 1.82) is 0 Å². The van der Waals surface area contributed by atoms with Crippen molar-refractivity contribution in [3.8, 4) is 0 Å². The van der Waals surface area contributed by atoms with E-state index in [1.807, 2.05) is 13.0 Å². The Balaban J connectivity index is 1.20. The van der Waals surface area contributed by atoms with E-state index >= 15 is 0 Å². The standard InChI is InChI=1S/C34H48O/c1-3-5-10-29-15-17-30(18-16-29)11-6-7-12-31-19-21-32(22-20-31)13-8-9-14-33-23-25-34(26-24-33)28-35-27-4-2/h3-5,15-18,23-27,31-32H,6-14,19-22,28H2,1-2H3. The third kappa shape index (κ3) is 10.9. The molecule has 2 aromatic carbocycles. The van der Waals surface area contributed by atoms with Gasteiger partial charge in [-0.25, -0.2) is 0 Å². The lowest BCUT2D eigenvalue weighted by Gasteiger charge is -2.28. The SMILES string of the molecule is CC=CCc1ccc(CCCCC2CCC(CCCCc3ccc(COC=CC)cc3)CC2)cc1. The van der Waals surface area contributed by atoms with Gasteiger partial charge in [-0.1, -0.05) is 118 Å². The second-order valence-corrected chi connectivity index (χ2v) is 10.6. The molecule has 0 heterocycles. The number of hydrogen-bond acceptors (Lipinski definition) is 1. The van der Waals surface area contributed by atoms with E-state index < -0.39 is 0 Å². The van der Waals surface area contributed by atoms with E-state index in [0.717, 1.165) is 18.3 Å². The van der Waals surface area contributed by atoms with Crippen LogP contribution in [0, 0.1) is 11.8 Å². The predicted octanol–water partition coefficient (Wildman–Crippen LogP) is 9.79. The van der Waals surface area contributed by atoms with Crippen LogP contribution >= 0.6 is 0 Å². The number of hydrogen-bond donors (Lipinski definition) is 0. The Hall–Kier alpha value is -2.28. The van der Waals surface area contributed by atoms with Gasteiger partial charge in [0.25, 0.3) is 0 Å². The molecule has 1 aliphatic carbocycles. The fourth-order valence-corrected chi connectivity index (χ4v) is 5.47. The van der Waals surface area contributed by atoms with Gasteiger partial charge in [-0.2, -0.15) is 0 Å². The first-order valence-corrected chi connectivity index (χ1v) is 14.3. The van der Waals surface area contributed by atoms with Gasteiger partial charge in [0.15, 0.2) is 0 Å². The quantitative estimate of drug-likeness (QED) is 0.142. The molecule has 0 aliphatic heterocycles. The van der Waals surface area contributed by atoms with Gasteiger partial charge in [-0.15, -0.1) is 0 Å². The van der Waals surface area contributed by atoms with Gasteiger partial charge in [-0.3, -0.25) is 0 Å². The Labute approximate surface area is 215 Å². The summed E-state index contributed by atoms with van der Waals surface area (Å²) in [4.78, 5) is 0. The van der Waals surface area contributed by atoms with E-state index in [0.29, 0.717) is 6.61 Å². The Kier molecular flexibility index (Phi) is 12.8. The lowest BCUT2D eigenvalue weighted by atomic mass is 9.78. The van der Waals surface area contributed by atoms with E-state index in [-0.39, 0.29) is 0 Å². The molecule has 0 N–H and O–H groups in total. The number of benzene rings is 2. The molecule has 0 radical (unpaired) electrons. The normalized spacial score (nSPS) is 18.5. The molecule has 35 heavy (non-hydrogen) atoms. The molecule has 1 fully saturated rings. The van der Waals surface area contributed by atoms with Crippen LogP contribution in [0.15, 0.2) is 73.0 Å². The van der Waals surface area contributed by atoms with Crippen molar-refractivity contribution >= 4 is 0 Å². The minimum Gasteiger partial charge on any atom is -0.497 e. The monoisotopic (exact) mass is 472 g/mol. The maximum atomic E-state index is 5.46. The lowest BCUT2D eigenvalue weighted by Crippen LogP contribution is -2.14. The molecular weight excluding hydrogens is 424 g/mol. The molecule has 0 aromatic heterocycles. The van der Waals surface area contributed by atoms with Gasteiger partial charge >= 0.3 is 0 Å². The van der Waals surface area contributed by atoms with E-state index in [2.05, 4.69) is 67.6 Å². The third-order valence-corrected chi connectivity index (χ3v) is 7.74. The zero-order valence-electron chi connectivity index (χ0n) is 22.4. The zero-order chi connectivity index (χ0) is 24.6. The first-order valence-electron chi connectivity index (χ1n) is 14.3. The molecule has 0 spiro atoms. The third-order valence-electron chi connectivity index (χ3n) is 7.74. The highest BCUT2D eigenvalue weighted by atomic mass is 16.5. The van der Waals surface area contributed by atoms with Gasteiger partial charge in [-0.05, 0) is 80.0 Å². The summed E-state index contributed by atoms with van der Waals surface area (Å²) in [5, 5.41) is 0. The summed E-state index contributed by atoms with van der Waals surface area (Å²) in [6, 6.07) is 18.2. The van der Waals surface area contributed by atoms with Crippen LogP contribution < -0.4 is 0 Å². The lowest BCUT2D eigenvalue weighted by molar-refractivity contribution is 0.236. The summed E-state index contributed by atoms with van der Waals surface area (Å²) in [6.45, 7) is 4.73. The highest BCUT2D eigenvalue weighted by Crippen LogP contribution is 2.34. The molecule has 1 aliphatic rings. The Morgan fingerprint density at radius 2 is 1.11 bits per heavy atom. The van der Waals surface area contributed by atoms with E-state index in [1.54, 1.807) is 6.26 Å². The largest absolute Gasteiger partial charge is 0.497 e. The Morgan fingerprint density at radius 1 is 0.629 bits per heavy atom. The second-order valence-electron chi connectivity index (χ2n) is 10.6. The average molecular weight is 473 g/mol. The predicted molar refractivity (Wildman–Crippen MR) is 152 cm³/mol. The molecule has 190 valence electrons. The highest BCUT2D eigenvalue weighted by molar-refractivity contribution is 5.24. The summed E-state index contributed by atoms with van der Waals surface area (Å²) in [5.74, 6) is 1.98. The maximum Gasteiger partial charge on any atom is 0.112 e. The molecule has 1 saturated carbocycles. The van der Waals surface area contributed by atoms with Crippen molar-refractivity contribution in [3.05, 3.63) is 95.3 Å². The van der Waals surface area contributed by atoms with Crippen LogP contribution in [0.4, 0.5) is 0 Å². The highest BCUT2D eigenvalue weighted by Gasteiger charge is 2.20. The van der Waals surface area contributed by atoms with E-state index in [9.17, 15) is 0 Å². The van der Waals surface area contributed by atoms with Crippen LogP contribution in [0.3, 0.4) is 0 Å². The average Bonchev–Trinajstić information content (AvgIpc) is 2.90. The number of rotatable bonds is 15. The summed E-state index contributed by atoms with van der Waals surface area (Å²) in [6.07, 6.45) is 25.8. The van der Waals surface area contributed by atoms with Crippen molar-refractivity contribution in [2.45, 2.75) is 104 Å². The van der Waals surface area contributed by atoms with Gasteiger partial charge in [0.1, 0.15) is 6.61 Å². The molecule has 0 unspecified atom stereocenters. The van der Waals surface area contributed by atoms with E-state index in [4.69, 9.17) is 4.74 Å². The first-order chi connectivity index (χ1) is 17.3. The molecule has 3 rings (SSSR count).